The largest absolute Gasteiger partial charge is 0.481 e. The minimum absolute atomic E-state index is 0.0118. The number of aliphatic hydroxyl groups is 2. The lowest BCUT2D eigenvalue weighted by Crippen LogP contribution is -2.19. The normalized spacial score (nSPS) is 26.0. The first-order valence-electron chi connectivity index (χ1n) is 8.74. The number of carboxylic acids is 1. The van der Waals surface area contributed by atoms with Crippen molar-refractivity contribution in [1.29, 1.82) is 0 Å². The Balaban J connectivity index is 2.48. The molecule has 1 fully saturated rings. The van der Waals surface area contributed by atoms with Crippen molar-refractivity contribution in [2.75, 3.05) is 0 Å². The van der Waals surface area contributed by atoms with Crippen LogP contribution in [0.5, 0.6) is 0 Å². The molecule has 0 saturated heterocycles. The van der Waals surface area contributed by atoms with Crippen molar-refractivity contribution in [3.63, 3.8) is 0 Å². The zero-order valence-corrected chi connectivity index (χ0v) is 14.0. The number of rotatable bonds is 11. The van der Waals surface area contributed by atoms with Crippen molar-refractivity contribution < 1.29 is 24.9 Å². The molecule has 0 bridgehead atoms. The number of ketones is 1. The number of hydrogen-bond acceptors (Lipinski definition) is 4. The van der Waals surface area contributed by atoms with E-state index in [9.17, 15) is 19.8 Å². The molecule has 132 valence electrons. The predicted octanol–water partition coefficient (Wildman–Crippen LogP) is 2.69. The summed E-state index contributed by atoms with van der Waals surface area (Å²) in [5.41, 5.74) is 0. The number of Topliss-reactive ketones (excluding diaryl/α,β-unsaturated/α-hetero) is 1. The molecule has 5 nitrogen and oxygen atoms in total. The molecular weight excluding hydrogens is 296 g/mol. The lowest BCUT2D eigenvalue weighted by Gasteiger charge is -2.18. The average Bonchev–Trinajstić information content (AvgIpc) is 2.75. The van der Waals surface area contributed by atoms with Crippen LogP contribution in [0.25, 0.3) is 0 Å². The Morgan fingerprint density at radius 1 is 1.30 bits per heavy atom. The highest BCUT2D eigenvalue weighted by atomic mass is 16.4. The van der Waals surface area contributed by atoms with E-state index in [2.05, 4.69) is 6.92 Å². The smallest absolute Gasteiger partial charge is 0.303 e. The fourth-order valence-electron chi connectivity index (χ4n) is 3.20. The second-order valence-corrected chi connectivity index (χ2v) is 6.51. The number of aliphatic hydroxyl groups excluding tert-OH is 2. The van der Waals surface area contributed by atoms with Crippen molar-refractivity contribution >= 4 is 11.8 Å². The predicted molar refractivity (Wildman–Crippen MR) is 88.0 cm³/mol. The number of carbonyl (C=O) groups excluding carboxylic acids is 1. The van der Waals surface area contributed by atoms with E-state index in [0.29, 0.717) is 25.7 Å². The van der Waals surface area contributed by atoms with Gasteiger partial charge in [-0.25, -0.2) is 0 Å². The number of hydrogen-bond donors (Lipinski definition) is 3. The maximum atomic E-state index is 12.0. The van der Waals surface area contributed by atoms with Gasteiger partial charge < -0.3 is 15.3 Å². The Morgan fingerprint density at radius 2 is 2.04 bits per heavy atom. The van der Waals surface area contributed by atoms with E-state index in [0.717, 1.165) is 19.3 Å². The fourth-order valence-corrected chi connectivity index (χ4v) is 3.20. The molecule has 1 saturated carbocycles. The molecule has 3 N–H and O–H groups in total. The molecule has 0 aromatic rings. The summed E-state index contributed by atoms with van der Waals surface area (Å²) in [6.45, 7) is 2.11. The van der Waals surface area contributed by atoms with Crippen LogP contribution in [0, 0.1) is 11.8 Å². The highest BCUT2D eigenvalue weighted by Gasteiger charge is 2.39. The first-order chi connectivity index (χ1) is 11.0. The summed E-state index contributed by atoms with van der Waals surface area (Å²) in [6.07, 6.45) is 8.22. The van der Waals surface area contributed by atoms with Gasteiger partial charge in [-0.05, 0) is 25.2 Å². The van der Waals surface area contributed by atoms with Crippen molar-refractivity contribution in [1.82, 2.24) is 0 Å². The Kier molecular flexibility index (Phi) is 9.10. The monoisotopic (exact) mass is 326 g/mol. The molecule has 0 aromatic carbocycles. The molecule has 0 unspecified atom stereocenters. The molecule has 0 heterocycles. The molecule has 5 heteroatoms. The summed E-state index contributed by atoms with van der Waals surface area (Å²) in [6, 6.07) is 0. The number of unbranched alkanes of at least 4 members (excludes halogenated alkanes) is 3. The molecule has 0 aromatic heterocycles. The molecule has 1 aliphatic rings. The van der Waals surface area contributed by atoms with Crippen molar-refractivity contribution in [3.05, 3.63) is 12.2 Å². The van der Waals surface area contributed by atoms with Gasteiger partial charge >= 0.3 is 5.97 Å². The summed E-state index contributed by atoms with van der Waals surface area (Å²) < 4.78 is 0. The minimum Gasteiger partial charge on any atom is -0.481 e. The third-order valence-corrected chi connectivity index (χ3v) is 4.56. The van der Waals surface area contributed by atoms with E-state index in [1.807, 2.05) is 0 Å². The van der Waals surface area contributed by atoms with Crippen LogP contribution in [-0.4, -0.2) is 39.3 Å². The molecule has 1 aliphatic carbocycles. The van der Waals surface area contributed by atoms with E-state index >= 15 is 0 Å². The van der Waals surface area contributed by atoms with E-state index < -0.39 is 18.2 Å². The topological polar surface area (TPSA) is 94.8 Å². The minimum atomic E-state index is -0.820. The zero-order valence-electron chi connectivity index (χ0n) is 14.0. The molecule has 23 heavy (non-hydrogen) atoms. The van der Waals surface area contributed by atoms with Crippen LogP contribution in [0.15, 0.2) is 12.2 Å². The van der Waals surface area contributed by atoms with Crippen LogP contribution in [0.3, 0.4) is 0 Å². The molecule has 1 rings (SSSR count). The Hall–Kier alpha value is -1.20. The first kappa shape index (κ1) is 19.8. The highest BCUT2D eigenvalue weighted by Crippen LogP contribution is 2.34. The fraction of sp³-hybridized carbons (Fsp3) is 0.778. The van der Waals surface area contributed by atoms with Gasteiger partial charge in [0.25, 0.3) is 0 Å². The second-order valence-electron chi connectivity index (χ2n) is 6.51. The lowest BCUT2D eigenvalue weighted by atomic mass is 9.88. The third kappa shape index (κ3) is 7.27. The third-order valence-electron chi connectivity index (χ3n) is 4.56. The van der Waals surface area contributed by atoms with Gasteiger partial charge in [0.15, 0.2) is 0 Å². The van der Waals surface area contributed by atoms with E-state index in [1.165, 1.54) is 0 Å². The first-order valence-corrected chi connectivity index (χ1v) is 8.74. The number of carboxylic acid groups (broad SMARTS) is 1. The van der Waals surface area contributed by atoms with Crippen molar-refractivity contribution in [3.8, 4) is 0 Å². The van der Waals surface area contributed by atoms with Crippen molar-refractivity contribution in [2.24, 2.45) is 11.8 Å². The summed E-state index contributed by atoms with van der Waals surface area (Å²) in [5, 5.41) is 28.6. The van der Waals surface area contributed by atoms with Crippen LogP contribution in [0.1, 0.15) is 64.7 Å². The Bertz CT molecular complexity index is 404. The molecular formula is C18H30O5. The van der Waals surface area contributed by atoms with Crippen LogP contribution in [0.2, 0.25) is 0 Å². The van der Waals surface area contributed by atoms with Gasteiger partial charge in [-0.15, -0.1) is 0 Å². The lowest BCUT2D eigenvalue weighted by molar-refractivity contribution is -0.137. The standard InChI is InChI=1S/C18H30O5/c1-2-3-4-7-13(19)10-11-15-14(16(20)12-17(15)21)8-5-6-9-18(22)23/h10-11,13-16,19-20H,2-9,12H2,1H3,(H,22,23)/b11-10+/t13-,14+,15-,16+/m0/s1. The number of carbonyl (C=O) groups is 2. The van der Waals surface area contributed by atoms with Crippen LogP contribution < -0.4 is 0 Å². The van der Waals surface area contributed by atoms with E-state index in [1.54, 1.807) is 12.2 Å². The molecule has 0 amide bonds. The summed E-state index contributed by atoms with van der Waals surface area (Å²) >= 11 is 0. The molecule has 0 aliphatic heterocycles. The van der Waals surface area contributed by atoms with Crippen molar-refractivity contribution in [2.45, 2.75) is 76.9 Å². The quantitative estimate of drug-likeness (QED) is 0.401. The van der Waals surface area contributed by atoms with Crippen LogP contribution in [-0.2, 0) is 9.59 Å². The van der Waals surface area contributed by atoms with E-state index in [-0.39, 0.29) is 30.5 Å². The van der Waals surface area contributed by atoms with Gasteiger partial charge in [0.05, 0.1) is 12.2 Å². The summed E-state index contributed by atoms with van der Waals surface area (Å²) in [4.78, 5) is 22.5. The number of aliphatic carboxylic acids is 1. The SMILES string of the molecule is CCCCC[C@H](O)/C=C/[C@@H]1C(=O)C[C@@H](O)[C@@H]1CCCCC(=O)O. The van der Waals surface area contributed by atoms with Gasteiger partial charge in [0.2, 0.25) is 0 Å². The Morgan fingerprint density at radius 3 is 2.70 bits per heavy atom. The average molecular weight is 326 g/mol. The van der Waals surface area contributed by atoms with E-state index in [4.69, 9.17) is 5.11 Å². The van der Waals surface area contributed by atoms with Gasteiger partial charge in [0, 0.05) is 18.8 Å². The number of allylic oxidation sites excluding steroid dienone is 1. The zero-order chi connectivity index (χ0) is 17.2. The summed E-state index contributed by atoms with van der Waals surface area (Å²) in [5.74, 6) is -1.32. The molecule has 4 atom stereocenters. The van der Waals surface area contributed by atoms with Gasteiger partial charge in [-0.2, -0.15) is 0 Å². The summed E-state index contributed by atoms with van der Waals surface area (Å²) in [7, 11) is 0. The van der Waals surface area contributed by atoms with Crippen LogP contribution >= 0.6 is 0 Å². The van der Waals surface area contributed by atoms with Gasteiger partial charge in [0.1, 0.15) is 5.78 Å². The maximum Gasteiger partial charge on any atom is 0.303 e. The molecule has 0 spiro atoms. The van der Waals surface area contributed by atoms with Crippen LogP contribution in [0.4, 0.5) is 0 Å². The van der Waals surface area contributed by atoms with Gasteiger partial charge in [-0.3, -0.25) is 9.59 Å². The highest BCUT2D eigenvalue weighted by molar-refractivity contribution is 5.85. The van der Waals surface area contributed by atoms with Gasteiger partial charge in [-0.1, -0.05) is 44.8 Å². The molecule has 0 radical (unpaired) electrons. The Labute approximate surface area is 138 Å². The maximum absolute atomic E-state index is 12.0. The second kappa shape index (κ2) is 10.6.